The van der Waals surface area contributed by atoms with Gasteiger partial charge in [0, 0.05) is 35.7 Å². The van der Waals surface area contributed by atoms with Crippen molar-refractivity contribution >= 4 is 33.6 Å². The van der Waals surface area contributed by atoms with Crippen LogP contribution in [0.2, 0.25) is 0 Å². The monoisotopic (exact) mass is 381 g/mol. The second kappa shape index (κ2) is 8.91. The molecule has 1 aliphatic rings. The van der Waals surface area contributed by atoms with Crippen LogP contribution < -0.4 is 10.6 Å². The number of nitrogens with zero attached hydrogens (tertiary/aromatic N) is 1. The number of rotatable bonds is 5. The lowest BCUT2D eigenvalue weighted by molar-refractivity contribution is -0.134. The van der Waals surface area contributed by atoms with E-state index in [1.54, 1.807) is 0 Å². The fraction of sp³-hybridized carbons (Fsp3) is 0.529. The summed E-state index contributed by atoms with van der Waals surface area (Å²) in [6.07, 6.45) is 4.74. The molecule has 23 heavy (non-hydrogen) atoms. The molecule has 1 aromatic carbocycles. The quantitative estimate of drug-likeness (QED) is 0.815. The highest BCUT2D eigenvalue weighted by molar-refractivity contribution is 9.10. The largest absolute Gasteiger partial charge is 0.340 e. The molecule has 0 saturated carbocycles. The molecule has 5 nitrogen and oxygen atoms in total. The fourth-order valence-electron chi connectivity index (χ4n) is 2.89. The zero-order chi connectivity index (χ0) is 16.7. The standard InChI is InChI=1S/C17H24BrN3O2/c1-2-15-5-3-4-12-21(15)16(22)10-11-19-17(23)20-14-8-6-13(18)7-9-14/h6-9,15H,2-5,10-12H2,1H3,(H2,19,20,23). The first-order chi connectivity index (χ1) is 11.1. The number of carbonyl (C=O) groups is 2. The van der Waals surface area contributed by atoms with E-state index >= 15 is 0 Å². The SMILES string of the molecule is CCC1CCCCN1C(=O)CCNC(=O)Nc1ccc(Br)cc1. The molecule has 126 valence electrons. The minimum Gasteiger partial charge on any atom is -0.340 e. The Morgan fingerprint density at radius 3 is 2.70 bits per heavy atom. The second-order valence-corrected chi connectivity index (χ2v) is 6.70. The second-order valence-electron chi connectivity index (χ2n) is 5.78. The Balaban J connectivity index is 1.72. The molecule has 6 heteroatoms. The number of halogens is 1. The van der Waals surface area contributed by atoms with Crippen molar-refractivity contribution in [1.82, 2.24) is 10.2 Å². The summed E-state index contributed by atoms with van der Waals surface area (Å²) in [6.45, 7) is 3.33. The van der Waals surface area contributed by atoms with Crippen LogP contribution in [0.4, 0.5) is 10.5 Å². The molecule has 0 radical (unpaired) electrons. The third kappa shape index (κ3) is 5.53. The number of piperidine rings is 1. The van der Waals surface area contributed by atoms with E-state index in [1.165, 1.54) is 6.42 Å². The lowest BCUT2D eigenvalue weighted by Gasteiger charge is -2.35. The lowest BCUT2D eigenvalue weighted by atomic mass is 9.99. The normalized spacial score (nSPS) is 17.7. The van der Waals surface area contributed by atoms with Gasteiger partial charge in [-0.2, -0.15) is 0 Å². The predicted octanol–water partition coefficient (Wildman–Crippen LogP) is 3.75. The van der Waals surface area contributed by atoms with Gasteiger partial charge in [-0.15, -0.1) is 0 Å². The summed E-state index contributed by atoms with van der Waals surface area (Å²) in [6, 6.07) is 7.43. The molecule has 1 unspecified atom stereocenters. The molecule has 1 saturated heterocycles. The summed E-state index contributed by atoms with van der Waals surface area (Å²) in [5.74, 6) is 0.139. The summed E-state index contributed by atoms with van der Waals surface area (Å²) in [5.41, 5.74) is 0.721. The number of urea groups is 1. The molecule has 1 aliphatic heterocycles. The van der Waals surface area contributed by atoms with Gasteiger partial charge in [-0.05, 0) is 49.9 Å². The Morgan fingerprint density at radius 2 is 2.00 bits per heavy atom. The van der Waals surface area contributed by atoms with Gasteiger partial charge in [0.05, 0.1) is 0 Å². The maximum absolute atomic E-state index is 12.3. The summed E-state index contributed by atoms with van der Waals surface area (Å²) >= 11 is 3.35. The van der Waals surface area contributed by atoms with Crippen molar-refractivity contribution in [3.8, 4) is 0 Å². The van der Waals surface area contributed by atoms with E-state index in [0.717, 1.165) is 36.0 Å². The van der Waals surface area contributed by atoms with E-state index in [2.05, 4.69) is 33.5 Å². The van der Waals surface area contributed by atoms with E-state index in [1.807, 2.05) is 29.2 Å². The number of amides is 3. The smallest absolute Gasteiger partial charge is 0.319 e. The first kappa shape index (κ1) is 17.8. The Bertz CT molecular complexity index is 533. The molecule has 0 bridgehead atoms. The van der Waals surface area contributed by atoms with Crippen LogP contribution in [0, 0.1) is 0 Å². The van der Waals surface area contributed by atoms with Gasteiger partial charge in [-0.3, -0.25) is 4.79 Å². The van der Waals surface area contributed by atoms with Gasteiger partial charge in [0.1, 0.15) is 0 Å². The average molecular weight is 382 g/mol. The minimum atomic E-state index is -0.286. The molecule has 0 spiro atoms. The molecule has 1 fully saturated rings. The molecule has 2 N–H and O–H groups in total. The van der Waals surface area contributed by atoms with E-state index in [9.17, 15) is 9.59 Å². The van der Waals surface area contributed by atoms with Crippen molar-refractivity contribution in [2.75, 3.05) is 18.4 Å². The molecule has 3 amide bonds. The van der Waals surface area contributed by atoms with Crippen molar-refractivity contribution in [2.24, 2.45) is 0 Å². The van der Waals surface area contributed by atoms with Crippen LogP contribution in [0.3, 0.4) is 0 Å². The number of benzene rings is 1. The van der Waals surface area contributed by atoms with Crippen LogP contribution in [0.1, 0.15) is 39.0 Å². The van der Waals surface area contributed by atoms with E-state index in [0.29, 0.717) is 19.0 Å². The number of likely N-dealkylation sites (tertiary alicyclic amines) is 1. The van der Waals surface area contributed by atoms with Crippen molar-refractivity contribution in [1.29, 1.82) is 0 Å². The van der Waals surface area contributed by atoms with Crippen LogP contribution in [-0.4, -0.2) is 36.0 Å². The van der Waals surface area contributed by atoms with E-state index in [4.69, 9.17) is 0 Å². The maximum atomic E-state index is 12.3. The topological polar surface area (TPSA) is 61.4 Å². The number of nitrogens with one attached hydrogen (secondary N) is 2. The van der Waals surface area contributed by atoms with Crippen LogP contribution in [0.5, 0.6) is 0 Å². The molecule has 1 aromatic rings. The lowest BCUT2D eigenvalue weighted by Crippen LogP contribution is -2.44. The minimum absolute atomic E-state index is 0.139. The number of hydrogen-bond donors (Lipinski definition) is 2. The highest BCUT2D eigenvalue weighted by Gasteiger charge is 2.24. The molecular weight excluding hydrogens is 358 g/mol. The fourth-order valence-corrected chi connectivity index (χ4v) is 3.15. The number of hydrogen-bond acceptors (Lipinski definition) is 2. The molecule has 1 heterocycles. The van der Waals surface area contributed by atoms with Crippen molar-refractivity contribution in [3.63, 3.8) is 0 Å². The van der Waals surface area contributed by atoms with Gasteiger partial charge in [-0.1, -0.05) is 22.9 Å². The predicted molar refractivity (Wildman–Crippen MR) is 95.4 cm³/mol. The van der Waals surface area contributed by atoms with Gasteiger partial charge in [-0.25, -0.2) is 4.79 Å². The molecule has 1 atom stereocenters. The first-order valence-corrected chi connectivity index (χ1v) is 8.99. The van der Waals surface area contributed by atoms with E-state index < -0.39 is 0 Å². The summed E-state index contributed by atoms with van der Waals surface area (Å²) in [5, 5.41) is 5.49. The zero-order valence-electron chi connectivity index (χ0n) is 13.5. The Labute approximate surface area is 145 Å². The maximum Gasteiger partial charge on any atom is 0.319 e. The summed E-state index contributed by atoms with van der Waals surface area (Å²) in [7, 11) is 0. The molecular formula is C17H24BrN3O2. The molecule has 0 aromatic heterocycles. The average Bonchev–Trinajstić information content (AvgIpc) is 2.56. The van der Waals surface area contributed by atoms with Crippen LogP contribution in [0.25, 0.3) is 0 Å². The van der Waals surface area contributed by atoms with Crippen LogP contribution in [-0.2, 0) is 4.79 Å². The van der Waals surface area contributed by atoms with Crippen molar-refractivity contribution in [3.05, 3.63) is 28.7 Å². The highest BCUT2D eigenvalue weighted by atomic mass is 79.9. The van der Waals surface area contributed by atoms with Crippen molar-refractivity contribution < 1.29 is 9.59 Å². The number of anilines is 1. The molecule has 2 rings (SSSR count). The summed E-state index contributed by atoms with van der Waals surface area (Å²) in [4.78, 5) is 26.1. The Kier molecular flexibility index (Phi) is 6.89. The van der Waals surface area contributed by atoms with Gasteiger partial charge in [0.25, 0.3) is 0 Å². The molecule has 0 aliphatic carbocycles. The van der Waals surface area contributed by atoms with Crippen LogP contribution >= 0.6 is 15.9 Å². The van der Waals surface area contributed by atoms with Gasteiger partial charge >= 0.3 is 6.03 Å². The summed E-state index contributed by atoms with van der Waals surface area (Å²) < 4.78 is 0.959. The number of carbonyl (C=O) groups excluding carboxylic acids is 2. The first-order valence-electron chi connectivity index (χ1n) is 8.20. The van der Waals surface area contributed by atoms with E-state index in [-0.39, 0.29) is 11.9 Å². The zero-order valence-corrected chi connectivity index (χ0v) is 15.1. The Hall–Kier alpha value is -1.56. The van der Waals surface area contributed by atoms with Gasteiger partial charge in [0.15, 0.2) is 0 Å². The Morgan fingerprint density at radius 1 is 1.26 bits per heavy atom. The van der Waals surface area contributed by atoms with Gasteiger partial charge < -0.3 is 15.5 Å². The van der Waals surface area contributed by atoms with Gasteiger partial charge in [0.2, 0.25) is 5.91 Å². The third-order valence-corrected chi connectivity index (χ3v) is 4.67. The van der Waals surface area contributed by atoms with Crippen molar-refractivity contribution in [2.45, 2.75) is 45.1 Å². The van der Waals surface area contributed by atoms with Crippen LogP contribution in [0.15, 0.2) is 28.7 Å². The third-order valence-electron chi connectivity index (χ3n) is 4.15. The highest BCUT2D eigenvalue weighted by Crippen LogP contribution is 2.20.